The molecule has 1 aromatic heterocycles. The first kappa shape index (κ1) is 14.9. The molecule has 19 heavy (non-hydrogen) atoms. The fourth-order valence-electron chi connectivity index (χ4n) is 1.47. The van der Waals surface area contributed by atoms with Crippen LogP contribution in [-0.4, -0.2) is 22.1 Å². The minimum Gasteiger partial charge on any atom is -0.464 e. The van der Waals surface area contributed by atoms with E-state index in [9.17, 15) is 19.7 Å². The van der Waals surface area contributed by atoms with Crippen LogP contribution in [0.3, 0.4) is 0 Å². The monoisotopic (exact) mass is 268 g/mol. The highest BCUT2D eigenvalue weighted by Crippen LogP contribution is 2.06. The third-order valence-electron chi connectivity index (χ3n) is 2.49. The zero-order valence-corrected chi connectivity index (χ0v) is 10.7. The largest absolute Gasteiger partial charge is 0.464 e. The second-order valence-corrected chi connectivity index (χ2v) is 4.04. The summed E-state index contributed by atoms with van der Waals surface area (Å²) in [6.45, 7) is 2.02. The quantitative estimate of drug-likeness (QED) is 0.323. The highest BCUT2D eigenvalue weighted by Gasteiger charge is 2.11. The Kier molecular flexibility index (Phi) is 5.72. The maximum absolute atomic E-state index is 11.5. The van der Waals surface area contributed by atoms with Gasteiger partial charge in [0.05, 0.1) is 17.7 Å². The SMILES string of the molecule is CCCCCOC(=O)Cn1cc([N+](=O)[O-])ccc1=O. The van der Waals surface area contributed by atoms with E-state index in [-0.39, 0.29) is 12.2 Å². The second kappa shape index (κ2) is 7.30. The van der Waals surface area contributed by atoms with Crippen molar-refractivity contribution in [1.29, 1.82) is 0 Å². The summed E-state index contributed by atoms with van der Waals surface area (Å²) >= 11 is 0. The van der Waals surface area contributed by atoms with E-state index < -0.39 is 16.5 Å². The molecular weight excluding hydrogens is 252 g/mol. The number of carbonyl (C=O) groups excluding carboxylic acids is 1. The normalized spacial score (nSPS) is 10.2. The number of nitrogens with zero attached hydrogens (tertiary/aromatic N) is 2. The molecule has 0 bridgehead atoms. The van der Waals surface area contributed by atoms with Crippen molar-refractivity contribution in [3.63, 3.8) is 0 Å². The minimum atomic E-state index is -0.622. The molecule has 7 heteroatoms. The highest BCUT2D eigenvalue weighted by atomic mass is 16.6. The average Bonchev–Trinajstić information content (AvgIpc) is 2.37. The van der Waals surface area contributed by atoms with Crippen LogP contribution in [0.2, 0.25) is 0 Å². The van der Waals surface area contributed by atoms with Gasteiger partial charge in [0.1, 0.15) is 6.54 Å². The van der Waals surface area contributed by atoms with E-state index in [4.69, 9.17) is 4.74 Å². The van der Waals surface area contributed by atoms with Gasteiger partial charge in [0.15, 0.2) is 0 Å². The first-order chi connectivity index (χ1) is 9.04. The lowest BCUT2D eigenvalue weighted by molar-refractivity contribution is -0.385. The number of hydrogen-bond acceptors (Lipinski definition) is 5. The summed E-state index contributed by atoms with van der Waals surface area (Å²) in [4.78, 5) is 32.8. The Bertz CT molecular complexity index is 509. The van der Waals surface area contributed by atoms with Crippen LogP contribution in [0, 0.1) is 10.1 Å². The molecule has 0 N–H and O–H groups in total. The summed E-state index contributed by atoms with van der Waals surface area (Å²) in [6.07, 6.45) is 3.79. The van der Waals surface area contributed by atoms with Gasteiger partial charge in [0.25, 0.3) is 11.2 Å². The Morgan fingerprint density at radius 1 is 1.42 bits per heavy atom. The second-order valence-electron chi connectivity index (χ2n) is 4.04. The molecule has 1 aromatic rings. The summed E-state index contributed by atoms with van der Waals surface area (Å²) in [6, 6.07) is 2.16. The number of nitro groups is 1. The molecule has 0 unspecified atom stereocenters. The molecule has 0 aliphatic rings. The van der Waals surface area contributed by atoms with Crippen LogP contribution in [0.1, 0.15) is 26.2 Å². The first-order valence-electron chi connectivity index (χ1n) is 6.05. The molecular formula is C12H16N2O5. The summed E-state index contributed by atoms with van der Waals surface area (Å²) in [5.74, 6) is -0.571. The molecule has 0 aromatic carbocycles. The van der Waals surface area contributed by atoms with Gasteiger partial charge in [-0.1, -0.05) is 19.8 Å². The zero-order chi connectivity index (χ0) is 14.3. The minimum absolute atomic E-state index is 0.238. The van der Waals surface area contributed by atoms with Gasteiger partial charge in [-0.05, 0) is 6.42 Å². The fraction of sp³-hybridized carbons (Fsp3) is 0.500. The van der Waals surface area contributed by atoms with Crippen LogP contribution in [0.5, 0.6) is 0 Å². The van der Waals surface area contributed by atoms with Crippen molar-refractivity contribution < 1.29 is 14.5 Å². The lowest BCUT2D eigenvalue weighted by Crippen LogP contribution is -2.24. The average molecular weight is 268 g/mol. The van der Waals surface area contributed by atoms with Gasteiger partial charge in [0.2, 0.25) is 0 Å². The number of esters is 1. The Labute approximate surface area is 110 Å². The predicted molar refractivity (Wildman–Crippen MR) is 67.8 cm³/mol. The summed E-state index contributed by atoms with van der Waals surface area (Å²) in [5, 5.41) is 10.6. The van der Waals surface area contributed by atoms with Crippen LogP contribution < -0.4 is 5.56 Å². The van der Waals surface area contributed by atoms with Crippen LogP contribution in [-0.2, 0) is 16.1 Å². The Morgan fingerprint density at radius 3 is 2.79 bits per heavy atom. The van der Waals surface area contributed by atoms with E-state index in [1.165, 1.54) is 0 Å². The molecule has 1 heterocycles. The van der Waals surface area contributed by atoms with Crippen molar-refractivity contribution in [3.8, 4) is 0 Å². The molecule has 0 aliphatic heterocycles. The zero-order valence-electron chi connectivity index (χ0n) is 10.7. The molecule has 1 rings (SSSR count). The molecule has 0 saturated heterocycles. The Hall–Kier alpha value is -2.18. The number of aromatic nitrogens is 1. The third kappa shape index (κ3) is 4.90. The molecule has 0 amide bonds. The van der Waals surface area contributed by atoms with Crippen LogP contribution in [0.4, 0.5) is 5.69 Å². The molecule has 104 valence electrons. The topological polar surface area (TPSA) is 91.4 Å². The van der Waals surface area contributed by atoms with Gasteiger partial charge < -0.3 is 4.74 Å². The number of ether oxygens (including phenoxy) is 1. The summed E-state index contributed by atoms with van der Waals surface area (Å²) in [7, 11) is 0. The summed E-state index contributed by atoms with van der Waals surface area (Å²) in [5.41, 5.74) is -0.713. The van der Waals surface area contributed by atoms with Crippen molar-refractivity contribution in [2.45, 2.75) is 32.7 Å². The van der Waals surface area contributed by atoms with E-state index in [2.05, 4.69) is 0 Å². The standard InChI is InChI=1S/C12H16N2O5/c1-2-3-4-7-19-12(16)9-13-8-10(14(17)18)5-6-11(13)15/h5-6,8H,2-4,7,9H2,1H3. The van der Waals surface area contributed by atoms with Crippen molar-refractivity contribution >= 4 is 11.7 Å². The molecule has 0 saturated carbocycles. The lowest BCUT2D eigenvalue weighted by Gasteiger charge is -2.06. The predicted octanol–water partition coefficient (Wildman–Crippen LogP) is 1.49. The van der Waals surface area contributed by atoms with Gasteiger partial charge in [-0.15, -0.1) is 0 Å². The molecule has 7 nitrogen and oxygen atoms in total. The first-order valence-corrected chi connectivity index (χ1v) is 6.05. The van der Waals surface area contributed by atoms with E-state index >= 15 is 0 Å². The summed E-state index contributed by atoms with van der Waals surface area (Å²) < 4.78 is 5.91. The highest BCUT2D eigenvalue weighted by molar-refractivity contribution is 5.69. The molecule has 0 fully saturated rings. The maximum atomic E-state index is 11.5. The Morgan fingerprint density at radius 2 is 2.16 bits per heavy atom. The van der Waals surface area contributed by atoms with E-state index in [0.717, 1.165) is 42.2 Å². The molecule has 0 radical (unpaired) electrons. The van der Waals surface area contributed by atoms with Crippen molar-refractivity contribution in [2.24, 2.45) is 0 Å². The third-order valence-corrected chi connectivity index (χ3v) is 2.49. The van der Waals surface area contributed by atoms with Crippen LogP contribution in [0.25, 0.3) is 0 Å². The van der Waals surface area contributed by atoms with Gasteiger partial charge in [-0.3, -0.25) is 24.3 Å². The smallest absolute Gasteiger partial charge is 0.326 e. The fourth-order valence-corrected chi connectivity index (χ4v) is 1.47. The molecule has 0 atom stereocenters. The maximum Gasteiger partial charge on any atom is 0.326 e. The van der Waals surface area contributed by atoms with E-state index in [1.54, 1.807) is 0 Å². The van der Waals surface area contributed by atoms with Crippen LogP contribution in [0.15, 0.2) is 23.1 Å². The van der Waals surface area contributed by atoms with E-state index in [0.29, 0.717) is 6.61 Å². The van der Waals surface area contributed by atoms with Gasteiger partial charge in [-0.2, -0.15) is 0 Å². The lowest BCUT2D eigenvalue weighted by atomic mass is 10.3. The van der Waals surface area contributed by atoms with Crippen LogP contribution >= 0.6 is 0 Å². The van der Waals surface area contributed by atoms with Gasteiger partial charge >= 0.3 is 5.97 Å². The van der Waals surface area contributed by atoms with Gasteiger partial charge in [-0.25, -0.2) is 0 Å². The number of hydrogen-bond donors (Lipinski definition) is 0. The van der Waals surface area contributed by atoms with Crippen molar-refractivity contribution in [2.75, 3.05) is 6.61 Å². The number of unbranched alkanes of at least 4 members (excludes halogenated alkanes) is 2. The molecule has 0 spiro atoms. The number of pyridine rings is 1. The Balaban J connectivity index is 2.61. The van der Waals surface area contributed by atoms with Crippen molar-refractivity contribution in [3.05, 3.63) is 38.8 Å². The van der Waals surface area contributed by atoms with Gasteiger partial charge in [0, 0.05) is 12.1 Å². The number of carbonyl (C=O) groups is 1. The number of rotatable bonds is 7. The van der Waals surface area contributed by atoms with Crippen molar-refractivity contribution in [1.82, 2.24) is 4.57 Å². The van der Waals surface area contributed by atoms with E-state index in [1.807, 2.05) is 6.92 Å². The molecule has 0 aliphatic carbocycles.